The largest absolute Gasteiger partial charge is 0.394 e. The first-order valence-corrected chi connectivity index (χ1v) is 9.80. The van der Waals surface area contributed by atoms with Crippen molar-refractivity contribution in [1.82, 2.24) is 10.0 Å². The van der Waals surface area contributed by atoms with Crippen molar-refractivity contribution in [1.29, 1.82) is 0 Å². The fourth-order valence-electron chi connectivity index (χ4n) is 2.50. The number of anilines is 2. The van der Waals surface area contributed by atoms with Crippen molar-refractivity contribution in [2.75, 3.05) is 18.5 Å². The summed E-state index contributed by atoms with van der Waals surface area (Å²) in [7, 11) is 1.43. The summed E-state index contributed by atoms with van der Waals surface area (Å²) in [6, 6.07) is 5.24. The maximum atomic E-state index is 14.4. The van der Waals surface area contributed by atoms with Gasteiger partial charge in [-0.25, -0.2) is 14.3 Å². The number of aromatic nitrogens is 1. The number of hydroxylamine groups is 1. The van der Waals surface area contributed by atoms with Crippen molar-refractivity contribution in [3.63, 3.8) is 0 Å². The summed E-state index contributed by atoms with van der Waals surface area (Å²) >= 11 is 2.75. The zero-order chi connectivity index (χ0) is 20.4. The van der Waals surface area contributed by atoms with Crippen LogP contribution in [0.15, 0.2) is 29.1 Å². The van der Waals surface area contributed by atoms with Gasteiger partial charge in [-0.3, -0.25) is 14.4 Å². The molecular weight excluding hydrogens is 507 g/mol. The highest BCUT2D eigenvalue weighted by Crippen LogP contribution is 2.38. The second-order valence-electron chi connectivity index (χ2n) is 5.63. The molecule has 0 radical (unpaired) electrons. The summed E-state index contributed by atoms with van der Waals surface area (Å²) < 4.78 is 30.6. The Morgan fingerprint density at radius 1 is 1.32 bits per heavy atom. The first-order valence-electron chi connectivity index (χ1n) is 7.90. The van der Waals surface area contributed by atoms with E-state index in [4.69, 9.17) is 9.94 Å². The van der Waals surface area contributed by atoms with E-state index in [0.29, 0.717) is 3.57 Å². The number of hydrogen-bond acceptors (Lipinski definition) is 6. The number of amides is 1. The highest BCUT2D eigenvalue weighted by atomic mass is 127. The van der Waals surface area contributed by atoms with Crippen LogP contribution in [-0.4, -0.2) is 28.8 Å². The van der Waals surface area contributed by atoms with E-state index in [1.54, 1.807) is 6.07 Å². The third kappa shape index (κ3) is 4.01. The molecule has 1 aromatic carbocycles. The average molecular weight is 521 g/mol. The number of benzene rings is 1. The molecule has 28 heavy (non-hydrogen) atoms. The molecule has 2 aromatic heterocycles. The number of thiophene rings is 1. The minimum atomic E-state index is -0.787. The van der Waals surface area contributed by atoms with Gasteiger partial charge < -0.3 is 15.0 Å². The van der Waals surface area contributed by atoms with Crippen molar-refractivity contribution in [2.45, 2.75) is 0 Å². The Hall–Kier alpha value is -2.09. The van der Waals surface area contributed by atoms with Crippen LogP contribution >= 0.6 is 33.9 Å². The van der Waals surface area contributed by atoms with Crippen molar-refractivity contribution < 1.29 is 23.5 Å². The van der Waals surface area contributed by atoms with Gasteiger partial charge >= 0.3 is 0 Å². The molecule has 0 aliphatic carbocycles. The molecule has 0 saturated heterocycles. The van der Waals surface area contributed by atoms with E-state index in [2.05, 4.69) is 10.8 Å². The summed E-state index contributed by atoms with van der Waals surface area (Å²) in [5.41, 5.74) is 1.77. The van der Waals surface area contributed by atoms with Crippen LogP contribution in [0.4, 0.5) is 20.2 Å². The van der Waals surface area contributed by atoms with Gasteiger partial charge in [0.15, 0.2) is 0 Å². The van der Waals surface area contributed by atoms with E-state index >= 15 is 0 Å². The molecule has 7 nitrogen and oxygen atoms in total. The average Bonchev–Trinajstić information content (AvgIpc) is 3.02. The molecule has 0 atom stereocenters. The molecule has 0 aliphatic heterocycles. The number of nitrogens with one attached hydrogen (secondary N) is 2. The lowest BCUT2D eigenvalue weighted by Gasteiger charge is -2.11. The Labute approximate surface area is 175 Å². The fourth-order valence-corrected chi connectivity index (χ4v) is 4.03. The molecule has 0 bridgehead atoms. The molecule has 0 saturated carbocycles. The number of carbonyl (C=O) groups excluding carboxylic acids is 1. The molecule has 3 N–H and O–H groups in total. The maximum absolute atomic E-state index is 14.4. The molecule has 2 heterocycles. The third-order valence-corrected chi connectivity index (χ3v) is 5.63. The number of fused-ring (bicyclic) bond motifs is 1. The van der Waals surface area contributed by atoms with Crippen molar-refractivity contribution >= 4 is 61.4 Å². The minimum Gasteiger partial charge on any atom is -0.394 e. The Balaban J connectivity index is 2.17. The maximum Gasteiger partial charge on any atom is 0.287 e. The number of aryl methyl sites for hydroxylation is 1. The second-order valence-corrected chi connectivity index (χ2v) is 7.89. The Kier molecular flexibility index (Phi) is 6.27. The van der Waals surface area contributed by atoms with Crippen molar-refractivity contribution in [3.05, 3.63) is 54.7 Å². The van der Waals surface area contributed by atoms with Gasteiger partial charge in [-0.2, -0.15) is 0 Å². The van der Waals surface area contributed by atoms with E-state index in [9.17, 15) is 18.4 Å². The smallest absolute Gasteiger partial charge is 0.287 e. The predicted molar refractivity (Wildman–Crippen MR) is 110 cm³/mol. The number of nitrogens with zero attached hydrogens (tertiary/aromatic N) is 1. The predicted octanol–water partition coefficient (Wildman–Crippen LogP) is 2.88. The highest BCUT2D eigenvalue weighted by molar-refractivity contribution is 14.1. The number of aliphatic hydroxyl groups excluding tert-OH is 1. The number of pyridine rings is 1. The van der Waals surface area contributed by atoms with Gasteiger partial charge in [-0.05, 0) is 40.8 Å². The Morgan fingerprint density at radius 3 is 2.75 bits per heavy atom. The summed E-state index contributed by atoms with van der Waals surface area (Å²) in [5.74, 6) is -2.09. The zero-order valence-electron chi connectivity index (χ0n) is 14.4. The molecule has 0 spiro atoms. The van der Waals surface area contributed by atoms with Gasteiger partial charge in [-0.15, -0.1) is 11.3 Å². The van der Waals surface area contributed by atoms with Crippen LogP contribution in [0.3, 0.4) is 0 Å². The molecule has 3 rings (SSSR count). The molecular formula is C17H14F2IN3O4S. The van der Waals surface area contributed by atoms with Crippen LogP contribution in [0.2, 0.25) is 0 Å². The van der Waals surface area contributed by atoms with Gasteiger partial charge in [0, 0.05) is 16.7 Å². The van der Waals surface area contributed by atoms with Crippen LogP contribution in [0, 0.1) is 15.2 Å². The number of hydrogen-bond donors (Lipinski definition) is 3. The lowest BCUT2D eigenvalue weighted by molar-refractivity contribution is 0.0172. The normalized spacial score (nSPS) is 11.0. The van der Waals surface area contributed by atoms with Gasteiger partial charge in [0.1, 0.15) is 16.5 Å². The van der Waals surface area contributed by atoms with E-state index in [1.165, 1.54) is 23.7 Å². The van der Waals surface area contributed by atoms with Gasteiger partial charge in [0.2, 0.25) is 0 Å². The zero-order valence-corrected chi connectivity index (χ0v) is 17.4. The summed E-state index contributed by atoms with van der Waals surface area (Å²) in [6.07, 6.45) is 0. The standard InChI is InChI=1S/C17H14F2IN3O4S/c1-23-12(25)7-10(19)15-14(23)13(16(28-15)17(26)22-27-5-4-24)21-11-3-2-8(20)6-9(11)18/h2-3,6-7,21,24H,4-5H2,1H3,(H,22,26). The van der Waals surface area contributed by atoms with E-state index < -0.39 is 23.1 Å². The van der Waals surface area contributed by atoms with Crippen LogP contribution in [0.25, 0.3) is 10.2 Å². The van der Waals surface area contributed by atoms with Crippen molar-refractivity contribution in [3.8, 4) is 0 Å². The lowest BCUT2D eigenvalue weighted by Crippen LogP contribution is -2.25. The number of rotatable bonds is 6. The molecule has 11 heteroatoms. The van der Waals surface area contributed by atoms with Crippen LogP contribution in [0.1, 0.15) is 9.67 Å². The Bertz CT molecular complexity index is 1120. The molecule has 3 aromatic rings. The Morgan fingerprint density at radius 2 is 2.07 bits per heavy atom. The lowest BCUT2D eigenvalue weighted by atomic mass is 10.2. The molecule has 0 aliphatic rings. The van der Waals surface area contributed by atoms with Gasteiger partial charge in [0.05, 0.1) is 34.8 Å². The second kappa shape index (κ2) is 8.51. The van der Waals surface area contributed by atoms with E-state index in [1.807, 2.05) is 22.6 Å². The molecule has 1 amide bonds. The minimum absolute atomic E-state index is 0.00834. The first kappa shape index (κ1) is 20.6. The highest BCUT2D eigenvalue weighted by Gasteiger charge is 2.24. The first-order chi connectivity index (χ1) is 13.3. The monoisotopic (exact) mass is 521 g/mol. The van der Waals surface area contributed by atoms with Crippen LogP contribution < -0.4 is 16.4 Å². The third-order valence-electron chi connectivity index (χ3n) is 3.77. The van der Waals surface area contributed by atoms with Crippen molar-refractivity contribution in [2.24, 2.45) is 7.05 Å². The number of halogens is 3. The van der Waals surface area contributed by atoms with Gasteiger partial charge in [0.25, 0.3) is 11.5 Å². The quantitative estimate of drug-likeness (QED) is 0.264. The molecule has 148 valence electrons. The number of carbonyl (C=O) groups is 1. The van der Waals surface area contributed by atoms with Crippen LogP contribution in [-0.2, 0) is 11.9 Å². The summed E-state index contributed by atoms with van der Waals surface area (Å²) in [5, 5.41) is 11.6. The number of aliphatic hydroxyl groups is 1. The SMILES string of the molecule is Cn1c(=O)cc(F)c2sc(C(=O)NOCCO)c(Nc3ccc(I)cc3F)c21. The molecule has 0 unspecified atom stereocenters. The summed E-state index contributed by atoms with van der Waals surface area (Å²) in [4.78, 5) is 29.3. The summed E-state index contributed by atoms with van der Waals surface area (Å²) in [6.45, 7) is -0.452. The van der Waals surface area contributed by atoms with E-state index in [-0.39, 0.29) is 39.7 Å². The van der Waals surface area contributed by atoms with E-state index in [0.717, 1.165) is 17.4 Å². The molecule has 0 fully saturated rings. The van der Waals surface area contributed by atoms with Gasteiger partial charge in [-0.1, -0.05) is 0 Å². The van der Waals surface area contributed by atoms with Crippen LogP contribution in [0.5, 0.6) is 0 Å². The fraction of sp³-hybridized carbons (Fsp3) is 0.176. The topological polar surface area (TPSA) is 92.6 Å².